The Bertz CT molecular complexity index is 1100. The molecule has 3 aromatic rings. The molecule has 0 aliphatic carbocycles. The van der Waals surface area contributed by atoms with Gasteiger partial charge in [0.05, 0.1) is 15.7 Å². The summed E-state index contributed by atoms with van der Waals surface area (Å²) in [6, 6.07) is 15.8. The highest BCUT2D eigenvalue weighted by molar-refractivity contribution is 6.42. The fraction of sp³-hybridized carbons (Fsp3) is 0.429. The summed E-state index contributed by atoms with van der Waals surface area (Å²) in [6.07, 6.45) is 2.22. The van der Waals surface area contributed by atoms with Crippen molar-refractivity contribution in [2.24, 2.45) is 11.8 Å². The first kappa shape index (κ1) is 27.1. The highest BCUT2D eigenvalue weighted by Gasteiger charge is 2.19. The average Bonchev–Trinajstić information content (AvgIpc) is 3.21. The summed E-state index contributed by atoms with van der Waals surface area (Å²) in [5.74, 6) is 1.81. The summed E-state index contributed by atoms with van der Waals surface area (Å²) < 4.78 is 0. The summed E-state index contributed by atoms with van der Waals surface area (Å²) in [5, 5.41) is 4.06. The Labute approximate surface area is 219 Å². The molecule has 35 heavy (non-hydrogen) atoms. The van der Waals surface area contributed by atoms with Crippen LogP contribution in [0.2, 0.25) is 10.0 Å². The molecule has 0 saturated carbocycles. The van der Waals surface area contributed by atoms with Gasteiger partial charge in [0.1, 0.15) is 0 Å². The summed E-state index contributed by atoms with van der Waals surface area (Å²) in [4.78, 5) is 23.2. The Morgan fingerprint density at radius 1 is 1.03 bits per heavy atom. The number of nitrogens with zero attached hydrogens (tertiary/aromatic N) is 2. The number of halogens is 2. The lowest BCUT2D eigenvalue weighted by molar-refractivity contribution is -0.120. The number of carbonyl (C=O) groups excluding carboxylic acids is 1. The van der Waals surface area contributed by atoms with E-state index in [4.69, 9.17) is 28.2 Å². The first-order valence-electron chi connectivity index (χ1n) is 12.3. The van der Waals surface area contributed by atoms with E-state index < -0.39 is 0 Å². The second-order valence-electron chi connectivity index (χ2n) is 9.80. The molecule has 2 aromatic carbocycles. The number of aromatic nitrogens is 2. The summed E-state index contributed by atoms with van der Waals surface area (Å²) in [6.45, 7) is 10.6. The Morgan fingerprint density at radius 2 is 1.77 bits per heavy atom. The smallest absolute Gasteiger partial charge is 0.221 e. The van der Waals surface area contributed by atoms with Gasteiger partial charge in [-0.1, -0.05) is 87.3 Å². The fourth-order valence-corrected chi connectivity index (χ4v) is 4.17. The van der Waals surface area contributed by atoms with Gasteiger partial charge in [-0.15, -0.1) is 0 Å². The summed E-state index contributed by atoms with van der Waals surface area (Å²) in [5.41, 5.74) is 3.99. The third-order valence-corrected chi connectivity index (χ3v) is 6.48. The monoisotopic (exact) mass is 514 g/mol. The lowest BCUT2D eigenvalue weighted by atomic mass is 10.0. The predicted octanol–water partition coefficient (Wildman–Crippen LogP) is 7.14. The van der Waals surface area contributed by atoms with Crippen molar-refractivity contribution < 1.29 is 4.79 Å². The van der Waals surface area contributed by atoms with Crippen LogP contribution in [-0.2, 0) is 17.8 Å². The van der Waals surface area contributed by atoms with Gasteiger partial charge in [-0.05, 0) is 42.4 Å². The van der Waals surface area contributed by atoms with Crippen LogP contribution in [0.15, 0.2) is 48.5 Å². The van der Waals surface area contributed by atoms with Crippen LogP contribution in [0.5, 0.6) is 0 Å². The first-order chi connectivity index (χ1) is 16.7. The zero-order chi connectivity index (χ0) is 25.4. The third-order valence-electron chi connectivity index (χ3n) is 5.74. The maximum atomic E-state index is 12.5. The number of amides is 1. The standard InChI is InChI=1S/C28H36Cl2N4O/c1-19(2)12-14-31-26(35)13-15-34(18-21-8-6-5-7-9-21)28-32-25(16-20(3)4)27(33-28)22-10-11-23(29)24(30)17-22/h5-11,17,19-20H,12-16,18H2,1-4H3,(H,31,35)(H,32,33). The van der Waals surface area contributed by atoms with Crippen LogP contribution in [0, 0.1) is 11.8 Å². The van der Waals surface area contributed by atoms with Gasteiger partial charge in [0.25, 0.3) is 0 Å². The number of hydrogen-bond donors (Lipinski definition) is 2. The minimum absolute atomic E-state index is 0.0578. The lowest BCUT2D eigenvalue weighted by Gasteiger charge is -2.22. The molecule has 2 N–H and O–H groups in total. The van der Waals surface area contributed by atoms with Crippen LogP contribution >= 0.6 is 23.2 Å². The van der Waals surface area contributed by atoms with E-state index in [1.807, 2.05) is 30.3 Å². The normalized spacial score (nSPS) is 11.3. The Hall–Kier alpha value is -2.50. The van der Waals surface area contributed by atoms with Crippen molar-refractivity contribution in [2.75, 3.05) is 18.0 Å². The number of benzene rings is 2. The quantitative estimate of drug-likeness (QED) is 0.270. The van der Waals surface area contributed by atoms with E-state index in [9.17, 15) is 4.79 Å². The van der Waals surface area contributed by atoms with E-state index in [0.717, 1.165) is 41.3 Å². The second-order valence-corrected chi connectivity index (χ2v) is 10.6. The molecule has 7 heteroatoms. The Morgan fingerprint density at radius 3 is 2.43 bits per heavy atom. The molecule has 188 valence electrons. The van der Waals surface area contributed by atoms with E-state index in [-0.39, 0.29) is 5.91 Å². The molecule has 1 amide bonds. The zero-order valence-electron chi connectivity index (χ0n) is 21.1. The molecule has 0 unspecified atom stereocenters. The van der Waals surface area contributed by atoms with Crippen LogP contribution in [0.4, 0.5) is 5.95 Å². The van der Waals surface area contributed by atoms with Crippen LogP contribution < -0.4 is 10.2 Å². The van der Waals surface area contributed by atoms with Gasteiger partial charge >= 0.3 is 0 Å². The number of anilines is 1. The second kappa shape index (κ2) is 13.0. The van der Waals surface area contributed by atoms with Crippen molar-refractivity contribution in [3.8, 4) is 11.3 Å². The van der Waals surface area contributed by atoms with Crippen molar-refractivity contribution >= 4 is 35.1 Å². The minimum atomic E-state index is 0.0578. The van der Waals surface area contributed by atoms with Gasteiger partial charge in [-0.25, -0.2) is 4.98 Å². The number of aromatic amines is 1. The van der Waals surface area contributed by atoms with Gasteiger partial charge < -0.3 is 15.2 Å². The largest absolute Gasteiger partial charge is 0.356 e. The molecule has 0 spiro atoms. The molecule has 0 aliphatic heterocycles. The van der Waals surface area contributed by atoms with E-state index in [2.05, 4.69) is 55.0 Å². The van der Waals surface area contributed by atoms with Crippen LogP contribution in [-0.4, -0.2) is 29.0 Å². The van der Waals surface area contributed by atoms with E-state index >= 15 is 0 Å². The summed E-state index contributed by atoms with van der Waals surface area (Å²) in [7, 11) is 0. The molecule has 0 radical (unpaired) electrons. The maximum Gasteiger partial charge on any atom is 0.221 e. The molecule has 3 rings (SSSR count). The predicted molar refractivity (Wildman–Crippen MR) is 147 cm³/mol. The number of H-pyrrole nitrogens is 1. The Kier molecular flexibility index (Phi) is 10.1. The van der Waals surface area contributed by atoms with Gasteiger partial charge in [0.15, 0.2) is 0 Å². The molecule has 0 bridgehead atoms. The molecule has 0 fully saturated rings. The molecule has 0 aliphatic rings. The molecular formula is C28H36Cl2N4O. The molecule has 1 heterocycles. The van der Waals surface area contributed by atoms with Crippen molar-refractivity contribution in [2.45, 2.75) is 53.5 Å². The molecule has 1 aromatic heterocycles. The van der Waals surface area contributed by atoms with Gasteiger partial charge in [0.2, 0.25) is 11.9 Å². The molecule has 0 saturated heterocycles. The Balaban J connectivity index is 1.88. The number of hydrogen-bond acceptors (Lipinski definition) is 3. The van der Waals surface area contributed by atoms with Crippen molar-refractivity contribution in [1.82, 2.24) is 15.3 Å². The minimum Gasteiger partial charge on any atom is -0.356 e. The SMILES string of the molecule is CC(C)CCNC(=O)CCN(Cc1ccccc1)c1nc(-c2ccc(Cl)c(Cl)c2)c(CC(C)C)[nH]1. The number of rotatable bonds is 12. The zero-order valence-corrected chi connectivity index (χ0v) is 22.6. The number of imidazole rings is 1. The topological polar surface area (TPSA) is 61.0 Å². The number of nitrogens with one attached hydrogen (secondary N) is 2. The summed E-state index contributed by atoms with van der Waals surface area (Å²) >= 11 is 12.5. The van der Waals surface area contributed by atoms with Gasteiger partial charge in [-0.2, -0.15) is 0 Å². The van der Waals surface area contributed by atoms with Crippen molar-refractivity contribution in [3.63, 3.8) is 0 Å². The van der Waals surface area contributed by atoms with Crippen LogP contribution in [0.3, 0.4) is 0 Å². The average molecular weight is 516 g/mol. The van der Waals surface area contributed by atoms with Crippen LogP contribution in [0.25, 0.3) is 11.3 Å². The molecular weight excluding hydrogens is 479 g/mol. The van der Waals surface area contributed by atoms with Crippen molar-refractivity contribution in [3.05, 3.63) is 69.8 Å². The van der Waals surface area contributed by atoms with Crippen molar-refractivity contribution in [1.29, 1.82) is 0 Å². The van der Waals surface area contributed by atoms with Gasteiger partial charge in [0, 0.05) is 37.3 Å². The first-order valence-corrected chi connectivity index (χ1v) is 13.1. The highest BCUT2D eigenvalue weighted by Crippen LogP contribution is 2.32. The molecule has 5 nitrogen and oxygen atoms in total. The van der Waals surface area contributed by atoms with Crippen LogP contribution in [0.1, 0.15) is 51.8 Å². The number of carbonyl (C=O) groups is 1. The van der Waals surface area contributed by atoms with E-state index in [1.54, 1.807) is 6.07 Å². The van der Waals surface area contributed by atoms with Gasteiger partial charge in [-0.3, -0.25) is 4.79 Å². The third kappa shape index (κ3) is 8.29. The maximum absolute atomic E-state index is 12.5. The highest BCUT2D eigenvalue weighted by atomic mass is 35.5. The van der Waals surface area contributed by atoms with E-state index in [1.165, 1.54) is 0 Å². The fourth-order valence-electron chi connectivity index (χ4n) is 3.87. The lowest BCUT2D eigenvalue weighted by Crippen LogP contribution is -2.32. The molecule has 0 atom stereocenters. The van der Waals surface area contributed by atoms with E-state index in [0.29, 0.717) is 47.9 Å².